The molecule has 0 fully saturated rings. The normalized spacial score (nSPS) is 17.2. The minimum absolute atomic E-state index is 0.113. The van der Waals surface area contributed by atoms with Gasteiger partial charge in [-0.3, -0.25) is 0 Å². The predicted octanol–water partition coefficient (Wildman–Crippen LogP) is 3.34. The molecule has 0 saturated carbocycles. The number of nitrogens with zero attached hydrogens (tertiary/aromatic N) is 1. The Bertz CT molecular complexity index is 287. The van der Waals surface area contributed by atoms with Crippen LogP contribution < -0.4 is 0 Å². The van der Waals surface area contributed by atoms with Crippen LogP contribution in [0.15, 0.2) is 34.1 Å². The lowest BCUT2D eigenvalue weighted by Crippen LogP contribution is -2.03. The molecule has 0 atom stereocenters. The summed E-state index contributed by atoms with van der Waals surface area (Å²) < 4.78 is 4.15. The van der Waals surface area contributed by atoms with E-state index in [0.29, 0.717) is 5.92 Å². The summed E-state index contributed by atoms with van der Waals surface area (Å²) in [6.45, 7) is 4.34. The molecule has 1 heterocycles. The average molecular weight is 292 g/mol. The highest BCUT2D eigenvalue weighted by atomic mass is 127. The molecule has 0 spiro atoms. The van der Waals surface area contributed by atoms with Crippen molar-refractivity contribution in [3.8, 4) is 0 Å². The Labute approximate surface area is 89.7 Å². The van der Waals surface area contributed by atoms with Crippen LogP contribution in [0.4, 0.5) is 0 Å². The molecular weight excluding hydrogens is 277 g/mol. The Hall–Kier alpha value is -0.290. The van der Waals surface area contributed by atoms with E-state index in [0.717, 1.165) is 5.70 Å². The molecule has 0 aromatic carbocycles. The fourth-order valence-electron chi connectivity index (χ4n) is 0.884. The van der Waals surface area contributed by atoms with Gasteiger partial charge in [-0.15, -0.1) is 4.84 Å². The number of hydrogen-bond donors (Lipinski definition) is 0. The summed E-state index contributed by atoms with van der Waals surface area (Å²) in [6, 6.07) is 0. The van der Waals surface area contributed by atoms with Crippen molar-refractivity contribution in [2.45, 2.75) is 13.8 Å². The number of rotatable bonds is 3. The molecule has 0 N–H and O–H groups in total. The van der Waals surface area contributed by atoms with Crippen molar-refractivity contribution >= 4 is 21.0 Å². The second-order valence-electron chi connectivity index (χ2n) is 3.04. The molecule has 1 rings (SSSR count). The van der Waals surface area contributed by atoms with Crippen molar-refractivity contribution < 1.29 is 7.73 Å². The van der Waals surface area contributed by atoms with E-state index in [-0.39, 0.29) is 21.0 Å². The molecule has 1 aliphatic rings. The van der Waals surface area contributed by atoms with Gasteiger partial charge >= 0.3 is 0 Å². The van der Waals surface area contributed by atoms with Crippen molar-refractivity contribution in [1.29, 1.82) is 0 Å². The van der Waals surface area contributed by atoms with Crippen LogP contribution in [0.25, 0.3) is 0 Å². The minimum Gasteiger partial charge on any atom is -0.119 e. The van der Waals surface area contributed by atoms with E-state index >= 15 is 0 Å². The second-order valence-corrected chi connectivity index (χ2v) is 5.19. The second kappa shape index (κ2) is 5.44. The third-order valence-corrected chi connectivity index (χ3v) is 3.69. The molecule has 0 saturated heterocycles. The van der Waals surface area contributed by atoms with E-state index in [2.05, 4.69) is 42.2 Å². The van der Waals surface area contributed by atoms with Gasteiger partial charge in [0.2, 0.25) is 5.70 Å². The maximum atomic E-state index is 5.25. The van der Waals surface area contributed by atoms with Crippen LogP contribution in [0.2, 0.25) is 0 Å². The molecule has 0 unspecified atom stereocenters. The summed E-state index contributed by atoms with van der Waals surface area (Å²) in [5, 5.41) is 0. The fraction of sp³-hybridized carbons (Fsp3) is 0.400. The quantitative estimate of drug-likeness (QED) is 0.727. The molecule has 0 amide bonds. The maximum absolute atomic E-state index is 5.25. The fourth-order valence-corrected chi connectivity index (χ4v) is 2.44. The summed E-state index contributed by atoms with van der Waals surface area (Å²) >= 11 is -0.113. The Kier molecular flexibility index (Phi) is 4.52. The third-order valence-electron chi connectivity index (χ3n) is 1.50. The van der Waals surface area contributed by atoms with Crippen molar-refractivity contribution in [2.24, 2.45) is 5.92 Å². The zero-order valence-electron chi connectivity index (χ0n) is 8.20. The SMILES string of the molecule is CO[N+]1=IC=CC=C1/C=C/C(C)C. The minimum atomic E-state index is -0.113. The van der Waals surface area contributed by atoms with Gasteiger partial charge in [0.15, 0.2) is 0 Å². The van der Waals surface area contributed by atoms with Gasteiger partial charge in [0.25, 0.3) is 21.0 Å². The zero-order chi connectivity index (χ0) is 9.68. The van der Waals surface area contributed by atoms with Crippen LogP contribution in [0, 0.1) is 5.92 Å². The first-order chi connectivity index (χ1) is 6.24. The molecule has 1 aliphatic heterocycles. The summed E-state index contributed by atoms with van der Waals surface area (Å²) in [7, 11) is 1.72. The molecule has 2 nitrogen and oxygen atoms in total. The molecule has 0 bridgehead atoms. The number of allylic oxidation sites excluding steroid dienone is 4. The highest BCUT2D eigenvalue weighted by Crippen LogP contribution is 2.17. The summed E-state index contributed by atoms with van der Waals surface area (Å²) in [5.41, 5.74) is 1.16. The highest BCUT2D eigenvalue weighted by molar-refractivity contribution is 14.2. The van der Waals surface area contributed by atoms with Crippen molar-refractivity contribution in [3.05, 3.63) is 34.1 Å². The monoisotopic (exact) mass is 292 g/mol. The van der Waals surface area contributed by atoms with Gasteiger partial charge < -0.3 is 0 Å². The lowest BCUT2D eigenvalue weighted by Gasteiger charge is -1.98. The summed E-state index contributed by atoms with van der Waals surface area (Å²) in [4.78, 5) is 5.25. The number of hydrogen-bond acceptors (Lipinski definition) is 1. The molecule has 72 valence electrons. The van der Waals surface area contributed by atoms with E-state index in [1.807, 2.05) is 2.89 Å². The van der Waals surface area contributed by atoms with Gasteiger partial charge in [-0.25, -0.2) is 0 Å². The van der Waals surface area contributed by atoms with E-state index in [9.17, 15) is 0 Å². The van der Waals surface area contributed by atoms with E-state index in [1.165, 1.54) is 0 Å². The Balaban J connectivity index is 2.75. The standard InChI is InChI=1S/C10H15INO/c1-9(2)6-7-10-5-4-8-11-12(10)13-3/h4-9H,1-3H3/q+1/b7-6+. The van der Waals surface area contributed by atoms with Crippen LogP contribution >= 0.6 is 21.0 Å². The Morgan fingerprint density at radius 3 is 2.92 bits per heavy atom. The number of halogens is 1. The van der Waals surface area contributed by atoms with Crippen LogP contribution in [0.3, 0.4) is 0 Å². The van der Waals surface area contributed by atoms with Gasteiger partial charge in [-0.2, -0.15) is 0 Å². The van der Waals surface area contributed by atoms with Crippen LogP contribution in [-0.4, -0.2) is 10.0 Å². The molecule has 0 aromatic heterocycles. The van der Waals surface area contributed by atoms with Crippen LogP contribution in [0.1, 0.15) is 13.8 Å². The first-order valence-electron chi connectivity index (χ1n) is 4.27. The van der Waals surface area contributed by atoms with Gasteiger partial charge in [0, 0.05) is 16.2 Å². The van der Waals surface area contributed by atoms with Crippen LogP contribution in [0.5, 0.6) is 0 Å². The van der Waals surface area contributed by atoms with Gasteiger partial charge in [0.05, 0.1) is 0 Å². The van der Waals surface area contributed by atoms with Crippen molar-refractivity contribution in [3.63, 3.8) is 0 Å². The van der Waals surface area contributed by atoms with Crippen molar-refractivity contribution in [2.75, 3.05) is 7.11 Å². The Morgan fingerprint density at radius 1 is 1.54 bits per heavy atom. The van der Waals surface area contributed by atoms with E-state index < -0.39 is 0 Å². The predicted molar refractivity (Wildman–Crippen MR) is 62.5 cm³/mol. The van der Waals surface area contributed by atoms with Crippen LogP contribution in [-0.2, 0) is 4.84 Å². The zero-order valence-corrected chi connectivity index (χ0v) is 10.4. The lowest BCUT2D eigenvalue weighted by atomic mass is 10.2. The molecular formula is C10H15INO+. The Morgan fingerprint density at radius 2 is 2.31 bits per heavy atom. The summed E-state index contributed by atoms with van der Waals surface area (Å²) in [5.74, 6) is 0.587. The largest absolute Gasteiger partial charge is 0.280 e. The van der Waals surface area contributed by atoms with Crippen molar-refractivity contribution in [1.82, 2.24) is 0 Å². The smallest absolute Gasteiger partial charge is 0.119 e. The molecule has 0 aliphatic carbocycles. The third kappa shape index (κ3) is 3.52. The van der Waals surface area contributed by atoms with E-state index in [1.54, 1.807) is 7.11 Å². The first kappa shape index (κ1) is 10.8. The highest BCUT2D eigenvalue weighted by Gasteiger charge is 2.11. The van der Waals surface area contributed by atoms with Gasteiger partial charge in [-0.1, -0.05) is 19.9 Å². The first-order valence-corrected chi connectivity index (χ1v) is 6.48. The van der Waals surface area contributed by atoms with Gasteiger partial charge in [0.1, 0.15) is 7.11 Å². The molecule has 13 heavy (non-hydrogen) atoms. The molecule has 0 aromatic rings. The van der Waals surface area contributed by atoms with E-state index in [4.69, 9.17) is 4.84 Å². The molecule has 3 heteroatoms. The molecule has 0 radical (unpaired) electrons. The maximum Gasteiger partial charge on any atom is 0.280 e. The lowest BCUT2D eigenvalue weighted by molar-refractivity contribution is -0.702. The topological polar surface area (TPSA) is 12.2 Å². The van der Waals surface area contributed by atoms with Gasteiger partial charge in [-0.05, 0) is 14.9 Å². The number of hydroxylamine groups is 1. The average Bonchev–Trinajstić information content (AvgIpc) is 2.15. The summed E-state index contributed by atoms with van der Waals surface area (Å²) in [6.07, 6.45) is 8.48.